The largest absolute Gasteiger partial charge is 0.493 e. The van der Waals surface area contributed by atoms with Crippen molar-refractivity contribution in [2.45, 2.75) is 0 Å². The maximum atomic E-state index is 12.3. The quantitative estimate of drug-likeness (QED) is 0.679. The van der Waals surface area contributed by atoms with Gasteiger partial charge in [0, 0.05) is 26.2 Å². The Morgan fingerprint density at radius 3 is 2.56 bits per heavy atom. The lowest BCUT2D eigenvalue weighted by atomic mass is 10.2. The van der Waals surface area contributed by atoms with Gasteiger partial charge in [0.15, 0.2) is 17.1 Å². The molecule has 9 nitrogen and oxygen atoms in total. The second kappa shape index (κ2) is 7.28. The van der Waals surface area contributed by atoms with Crippen molar-refractivity contribution < 1.29 is 9.47 Å². The van der Waals surface area contributed by atoms with Crippen LogP contribution in [0, 0.1) is 0 Å². The highest BCUT2D eigenvalue weighted by atomic mass is 16.5. The zero-order chi connectivity index (χ0) is 19.7. The summed E-state index contributed by atoms with van der Waals surface area (Å²) in [6.07, 6.45) is 0. The van der Waals surface area contributed by atoms with Crippen LogP contribution in [0.5, 0.6) is 11.5 Å². The molecule has 0 aliphatic heterocycles. The average molecular weight is 373 g/mol. The maximum Gasteiger partial charge on any atom is 0.332 e. The number of aryl methyl sites for hydroxylation is 1. The van der Waals surface area contributed by atoms with E-state index in [2.05, 4.69) is 9.97 Å². The van der Waals surface area contributed by atoms with Gasteiger partial charge in [-0.15, -0.1) is 0 Å². The molecule has 1 N–H and O–H groups in total. The fourth-order valence-corrected chi connectivity index (χ4v) is 2.74. The first kappa shape index (κ1) is 18.7. The predicted octanol–water partition coefficient (Wildman–Crippen LogP) is 0.576. The molecule has 2 heterocycles. The van der Waals surface area contributed by atoms with Crippen molar-refractivity contribution in [3.63, 3.8) is 0 Å². The first-order chi connectivity index (χ1) is 12.8. The zero-order valence-electron chi connectivity index (χ0n) is 16.1. The first-order valence-electron chi connectivity index (χ1n) is 8.45. The van der Waals surface area contributed by atoms with E-state index in [4.69, 9.17) is 9.47 Å². The summed E-state index contributed by atoms with van der Waals surface area (Å²) in [6.45, 7) is 1.26. The van der Waals surface area contributed by atoms with Gasteiger partial charge in [-0.1, -0.05) is 0 Å². The Labute approximate surface area is 155 Å². The highest BCUT2D eigenvalue weighted by Gasteiger charge is 2.16. The number of aromatic nitrogens is 4. The normalized spacial score (nSPS) is 11.3. The Balaban J connectivity index is 2.06. The molecule has 0 spiro atoms. The summed E-state index contributed by atoms with van der Waals surface area (Å²) >= 11 is 0. The summed E-state index contributed by atoms with van der Waals surface area (Å²) < 4.78 is 13.6. The number of benzene rings is 1. The highest BCUT2D eigenvalue weighted by molar-refractivity contribution is 5.76. The topological polar surface area (TPSA) is 94.4 Å². The number of rotatable bonds is 6. The van der Waals surface area contributed by atoms with Crippen LogP contribution in [0.15, 0.2) is 27.8 Å². The number of H-pyrrole nitrogens is 1. The lowest BCUT2D eigenvalue weighted by Crippen LogP contribution is -2.36. The molecule has 144 valence electrons. The molecule has 1 aromatic carbocycles. The monoisotopic (exact) mass is 373 g/mol. The minimum absolute atomic E-state index is 0.278. The van der Waals surface area contributed by atoms with Crippen molar-refractivity contribution in [3.8, 4) is 22.9 Å². The van der Waals surface area contributed by atoms with Gasteiger partial charge in [-0.05, 0) is 32.3 Å². The van der Waals surface area contributed by atoms with Crippen LogP contribution in [-0.4, -0.2) is 58.4 Å². The number of methoxy groups -OCH3 is 1. The maximum absolute atomic E-state index is 12.3. The molecular formula is C18H23N5O4. The number of aromatic amines is 1. The molecule has 0 amide bonds. The molecule has 0 unspecified atom stereocenters. The number of imidazole rings is 1. The molecule has 9 heteroatoms. The van der Waals surface area contributed by atoms with Gasteiger partial charge >= 0.3 is 5.69 Å². The lowest BCUT2D eigenvalue weighted by molar-refractivity contribution is 0.251. The van der Waals surface area contributed by atoms with Crippen molar-refractivity contribution >= 4 is 11.2 Å². The fourth-order valence-electron chi connectivity index (χ4n) is 2.74. The number of ether oxygens (including phenoxy) is 2. The van der Waals surface area contributed by atoms with E-state index in [1.54, 1.807) is 26.3 Å². The minimum Gasteiger partial charge on any atom is -0.493 e. The third-order valence-electron chi connectivity index (χ3n) is 4.33. The van der Waals surface area contributed by atoms with E-state index in [0.29, 0.717) is 29.6 Å². The second-order valence-electron chi connectivity index (χ2n) is 6.51. The van der Waals surface area contributed by atoms with Crippen molar-refractivity contribution in [2.75, 3.05) is 34.4 Å². The van der Waals surface area contributed by atoms with Gasteiger partial charge in [0.25, 0.3) is 5.56 Å². The van der Waals surface area contributed by atoms with E-state index in [9.17, 15) is 9.59 Å². The van der Waals surface area contributed by atoms with Gasteiger partial charge in [0.05, 0.1) is 7.11 Å². The van der Waals surface area contributed by atoms with Crippen LogP contribution >= 0.6 is 0 Å². The second-order valence-corrected chi connectivity index (χ2v) is 6.51. The third-order valence-corrected chi connectivity index (χ3v) is 4.33. The number of nitrogens with one attached hydrogen (secondary N) is 1. The summed E-state index contributed by atoms with van der Waals surface area (Å²) in [5.41, 5.74) is 0.474. The smallest absolute Gasteiger partial charge is 0.332 e. The molecule has 3 aromatic rings. The van der Waals surface area contributed by atoms with Crippen molar-refractivity contribution in [2.24, 2.45) is 14.1 Å². The van der Waals surface area contributed by atoms with Gasteiger partial charge in [0.2, 0.25) is 0 Å². The molecule has 3 rings (SSSR count). The Morgan fingerprint density at radius 1 is 1.15 bits per heavy atom. The van der Waals surface area contributed by atoms with E-state index >= 15 is 0 Å². The summed E-state index contributed by atoms with van der Waals surface area (Å²) in [4.78, 5) is 33.9. The third kappa shape index (κ3) is 3.45. The molecule has 0 fully saturated rings. The Kier molecular flexibility index (Phi) is 5.04. The Morgan fingerprint density at radius 2 is 1.89 bits per heavy atom. The number of hydrogen-bond donors (Lipinski definition) is 1. The summed E-state index contributed by atoms with van der Waals surface area (Å²) in [5, 5.41) is 0. The predicted molar refractivity (Wildman–Crippen MR) is 103 cm³/mol. The molecule has 0 saturated carbocycles. The van der Waals surface area contributed by atoms with Gasteiger partial charge in [-0.25, -0.2) is 9.78 Å². The van der Waals surface area contributed by atoms with Gasteiger partial charge in [-0.2, -0.15) is 0 Å². The zero-order valence-corrected chi connectivity index (χ0v) is 16.1. The van der Waals surface area contributed by atoms with E-state index in [-0.39, 0.29) is 5.52 Å². The van der Waals surface area contributed by atoms with Crippen LogP contribution in [0.25, 0.3) is 22.6 Å². The number of likely N-dealkylation sites (N-methyl/N-ethyl adjacent to an activating group) is 1. The lowest BCUT2D eigenvalue weighted by Gasteiger charge is -2.14. The van der Waals surface area contributed by atoms with Crippen molar-refractivity contribution in [1.82, 2.24) is 24.0 Å². The SMILES string of the molecule is COc1ccc(-c2nc3c([nH]2)c(=O)n(C)c(=O)n3C)cc1OCCN(C)C. The van der Waals surface area contributed by atoms with Gasteiger partial charge < -0.3 is 19.4 Å². The summed E-state index contributed by atoms with van der Waals surface area (Å²) in [5.74, 6) is 1.67. The van der Waals surface area contributed by atoms with Crippen LogP contribution < -0.4 is 20.7 Å². The molecular weight excluding hydrogens is 350 g/mol. The average Bonchev–Trinajstić information content (AvgIpc) is 3.10. The van der Waals surface area contributed by atoms with Crippen LogP contribution in [0.2, 0.25) is 0 Å². The first-order valence-corrected chi connectivity index (χ1v) is 8.45. The van der Waals surface area contributed by atoms with Crippen LogP contribution in [0.3, 0.4) is 0 Å². The van der Waals surface area contributed by atoms with Gasteiger partial charge in [-0.3, -0.25) is 13.9 Å². The van der Waals surface area contributed by atoms with E-state index in [0.717, 1.165) is 16.7 Å². The molecule has 0 radical (unpaired) electrons. The molecule has 0 aliphatic carbocycles. The minimum atomic E-state index is -0.423. The molecule has 0 saturated heterocycles. The van der Waals surface area contributed by atoms with Gasteiger partial charge in [0.1, 0.15) is 17.9 Å². The Hall–Kier alpha value is -3.07. The van der Waals surface area contributed by atoms with Crippen LogP contribution in [0.4, 0.5) is 0 Å². The van der Waals surface area contributed by atoms with Crippen LogP contribution in [-0.2, 0) is 14.1 Å². The van der Waals surface area contributed by atoms with Crippen molar-refractivity contribution in [1.29, 1.82) is 0 Å². The number of nitrogens with zero attached hydrogens (tertiary/aromatic N) is 4. The van der Waals surface area contributed by atoms with Crippen LogP contribution in [0.1, 0.15) is 0 Å². The summed E-state index contributed by atoms with van der Waals surface area (Å²) in [7, 11) is 8.54. The number of fused-ring (bicyclic) bond motifs is 1. The molecule has 0 atom stereocenters. The van der Waals surface area contributed by atoms with E-state index < -0.39 is 11.2 Å². The fraction of sp³-hybridized carbons (Fsp3) is 0.389. The molecule has 27 heavy (non-hydrogen) atoms. The van der Waals surface area contributed by atoms with E-state index in [1.807, 2.05) is 25.1 Å². The van der Waals surface area contributed by atoms with Crippen molar-refractivity contribution in [3.05, 3.63) is 39.0 Å². The standard InChI is InChI=1S/C18H23N5O4/c1-21(2)8-9-27-13-10-11(6-7-12(13)26-5)15-19-14-16(20-15)22(3)18(25)23(4)17(14)24/h6-7,10H,8-9H2,1-5H3,(H,19,20). The Bertz CT molecular complexity index is 1090. The highest BCUT2D eigenvalue weighted by Crippen LogP contribution is 2.32. The number of hydrogen-bond acceptors (Lipinski definition) is 6. The molecule has 0 bridgehead atoms. The summed E-state index contributed by atoms with van der Waals surface area (Å²) in [6, 6.07) is 5.40. The molecule has 0 aliphatic rings. The molecule has 2 aromatic heterocycles. The van der Waals surface area contributed by atoms with E-state index in [1.165, 1.54) is 11.6 Å².